The maximum atomic E-state index is 10.3. The van der Waals surface area contributed by atoms with Crippen LogP contribution in [0.4, 0.5) is 0 Å². The van der Waals surface area contributed by atoms with E-state index in [2.05, 4.69) is 13.8 Å². The number of rotatable bonds is 9. The highest BCUT2D eigenvalue weighted by molar-refractivity contribution is 5.60. The Hall–Kier alpha value is -0.410. The molecular weight excluding hydrogens is 192 g/mol. The first-order chi connectivity index (χ1) is 7.31. The number of unbranched alkanes of at least 4 members (excludes halogenated alkanes) is 1. The molecule has 0 saturated carbocycles. The third-order valence-electron chi connectivity index (χ3n) is 2.93. The molecule has 3 unspecified atom stereocenters. The molecule has 3 atom stereocenters. The Kier molecular flexibility index (Phi) is 5.88. The summed E-state index contributed by atoms with van der Waals surface area (Å²) in [6.07, 6.45) is 5.63. The molecule has 88 valence electrons. The number of ether oxygens (including phenoxy) is 2. The van der Waals surface area contributed by atoms with E-state index in [0.29, 0.717) is 12.5 Å². The maximum absolute atomic E-state index is 10.3. The number of aldehydes is 1. The van der Waals surface area contributed by atoms with E-state index in [4.69, 9.17) is 9.47 Å². The van der Waals surface area contributed by atoms with E-state index in [1.807, 2.05) is 0 Å². The van der Waals surface area contributed by atoms with Gasteiger partial charge in [0.25, 0.3) is 0 Å². The molecule has 1 saturated heterocycles. The summed E-state index contributed by atoms with van der Waals surface area (Å²) in [7, 11) is 0. The van der Waals surface area contributed by atoms with Crippen LogP contribution < -0.4 is 0 Å². The molecule has 1 aliphatic rings. The van der Waals surface area contributed by atoms with Crippen LogP contribution >= 0.6 is 0 Å². The lowest BCUT2D eigenvalue weighted by Crippen LogP contribution is -2.13. The van der Waals surface area contributed by atoms with Crippen molar-refractivity contribution < 1.29 is 14.3 Å². The second-order valence-electron chi connectivity index (χ2n) is 4.23. The average Bonchev–Trinajstić information content (AvgIpc) is 3.01. The van der Waals surface area contributed by atoms with E-state index >= 15 is 0 Å². The molecule has 0 aliphatic carbocycles. The van der Waals surface area contributed by atoms with Gasteiger partial charge in [0.2, 0.25) is 0 Å². The van der Waals surface area contributed by atoms with Crippen LogP contribution in [-0.2, 0) is 14.3 Å². The minimum atomic E-state index is -0.194. The summed E-state index contributed by atoms with van der Waals surface area (Å²) < 4.78 is 10.6. The minimum Gasteiger partial charge on any atom is -0.378 e. The third-order valence-corrected chi connectivity index (χ3v) is 2.93. The quantitative estimate of drug-likeness (QED) is 0.436. The molecule has 3 nitrogen and oxygen atoms in total. The van der Waals surface area contributed by atoms with Gasteiger partial charge in [-0.05, 0) is 12.3 Å². The average molecular weight is 214 g/mol. The summed E-state index contributed by atoms with van der Waals surface area (Å²) in [6, 6.07) is 0. The van der Waals surface area contributed by atoms with Gasteiger partial charge in [-0.3, -0.25) is 0 Å². The van der Waals surface area contributed by atoms with Gasteiger partial charge in [-0.1, -0.05) is 33.1 Å². The monoisotopic (exact) mass is 214 g/mol. The molecule has 1 aliphatic heterocycles. The van der Waals surface area contributed by atoms with Crippen LogP contribution in [0.15, 0.2) is 0 Å². The lowest BCUT2D eigenvalue weighted by Gasteiger charge is -2.13. The highest BCUT2D eigenvalue weighted by Gasteiger charge is 2.38. The van der Waals surface area contributed by atoms with Crippen LogP contribution in [0, 0.1) is 5.92 Å². The zero-order chi connectivity index (χ0) is 11.1. The largest absolute Gasteiger partial charge is 0.378 e. The fourth-order valence-electron chi connectivity index (χ4n) is 1.66. The van der Waals surface area contributed by atoms with Gasteiger partial charge in [-0.2, -0.15) is 0 Å². The second kappa shape index (κ2) is 6.96. The molecule has 0 bridgehead atoms. The van der Waals surface area contributed by atoms with Gasteiger partial charge in [-0.25, -0.2) is 0 Å². The minimum absolute atomic E-state index is 0.0335. The van der Waals surface area contributed by atoms with Crippen LogP contribution in [0.5, 0.6) is 0 Å². The van der Waals surface area contributed by atoms with Gasteiger partial charge in [0, 0.05) is 6.61 Å². The van der Waals surface area contributed by atoms with Gasteiger partial charge in [0.05, 0.1) is 6.61 Å². The van der Waals surface area contributed by atoms with Crippen molar-refractivity contribution in [1.82, 2.24) is 0 Å². The van der Waals surface area contributed by atoms with Gasteiger partial charge in [0.1, 0.15) is 12.2 Å². The van der Waals surface area contributed by atoms with Crippen LogP contribution in [0.25, 0.3) is 0 Å². The third kappa shape index (κ3) is 4.76. The van der Waals surface area contributed by atoms with Gasteiger partial charge < -0.3 is 14.3 Å². The summed E-state index contributed by atoms with van der Waals surface area (Å²) in [4.78, 5) is 10.3. The predicted molar refractivity (Wildman–Crippen MR) is 58.9 cm³/mol. The summed E-state index contributed by atoms with van der Waals surface area (Å²) in [5, 5.41) is 0. The molecule has 1 heterocycles. The first-order valence-corrected chi connectivity index (χ1v) is 6.00. The Labute approximate surface area is 92.1 Å². The summed E-state index contributed by atoms with van der Waals surface area (Å²) in [6.45, 7) is 5.79. The zero-order valence-corrected chi connectivity index (χ0v) is 9.78. The van der Waals surface area contributed by atoms with Crippen molar-refractivity contribution >= 4 is 6.29 Å². The van der Waals surface area contributed by atoms with Crippen molar-refractivity contribution in [3.63, 3.8) is 0 Å². The predicted octanol–water partition coefficient (Wildman–Crippen LogP) is 2.19. The Balaban J connectivity index is 1.99. The van der Waals surface area contributed by atoms with Crippen LogP contribution in [-0.4, -0.2) is 31.7 Å². The maximum Gasteiger partial charge on any atom is 0.151 e. The van der Waals surface area contributed by atoms with Crippen LogP contribution in [0.1, 0.15) is 39.5 Å². The van der Waals surface area contributed by atoms with Crippen molar-refractivity contribution in [2.45, 2.75) is 51.7 Å². The van der Waals surface area contributed by atoms with Gasteiger partial charge in [0.15, 0.2) is 6.29 Å². The fraction of sp³-hybridized carbons (Fsp3) is 0.917. The molecule has 1 fully saturated rings. The van der Waals surface area contributed by atoms with Gasteiger partial charge in [-0.15, -0.1) is 0 Å². The zero-order valence-electron chi connectivity index (χ0n) is 9.78. The fourth-order valence-corrected chi connectivity index (χ4v) is 1.66. The van der Waals surface area contributed by atoms with Crippen molar-refractivity contribution in [1.29, 1.82) is 0 Å². The van der Waals surface area contributed by atoms with E-state index in [9.17, 15) is 4.79 Å². The Morgan fingerprint density at radius 3 is 2.80 bits per heavy atom. The molecule has 15 heavy (non-hydrogen) atoms. The topological polar surface area (TPSA) is 38.8 Å². The standard InChI is InChI=1S/C12H22O3/c1-3-5-6-10(4-2)8-14-9-12-11(7-13)15-12/h7,10-12H,3-6,8-9H2,1-2H3. The normalized spacial score (nSPS) is 26.3. The summed E-state index contributed by atoms with van der Waals surface area (Å²) >= 11 is 0. The van der Waals surface area contributed by atoms with E-state index in [1.54, 1.807) is 0 Å². The number of carbonyl (C=O) groups excluding carboxylic acids is 1. The van der Waals surface area contributed by atoms with E-state index in [0.717, 1.165) is 12.9 Å². The van der Waals surface area contributed by atoms with Crippen LogP contribution in [0.2, 0.25) is 0 Å². The number of hydrogen-bond donors (Lipinski definition) is 0. The molecular formula is C12H22O3. The SMILES string of the molecule is CCCCC(CC)COCC1OC1C=O. The van der Waals surface area contributed by atoms with Crippen molar-refractivity contribution in [3.8, 4) is 0 Å². The van der Waals surface area contributed by atoms with Crippen molar-refractivity contribution in [3.05, 3.63) is 0 Å². The molecule has 0 radical (unpaired) electrons. The first kappa shape index (κ1) is 12.7. The van der Waals surface area contributed by atoms with Crippen molar-refractivity contribution in [2.75, 3.05) is 13.2 Å². The molecule has 0 aromatic rings. The van der Waals surface area contributed by atoms with Crippen molar-refractivity contribution in [2.24, 2.45) is 5.92 Å². The van der Waals surface area contributed by atoms with E-state index in [1.165, 1.54) is 25.7 Å². The molecule has 1 rings (SSSR count). The molecule has 0 aromatic heterocycles. The number of carbonyl (C=O) groups is 1. The highest BCUT2D eigenvalue weighted by atomic mass is 16.6. The number of epoxide rings is 1. The molecule has 0 aromatic carbocycles. The van der Waals surface area contributed by atoms with E-state index in [-0.39, 0.29) is 12.2 Å². The summed E-state index contributed by atoms with van der Waals surface area (Å²) in [5.74, 6) is 0.665. The van der Waals surface area contributed by atoms with Crippen LogP contribution in [0.3, 0.4) is 0 Å². The molecule has 0 amide bonds. The lowest BCUT2D eigenvalue weighted by molar-refractivity contribution is -0.108. The molecule has 0 N–H and O–H groups in total. The Morgan fingerprint density at radius 1 is 1.47 bits per heavy atom. The second-order valence-corrected chi connectivity index (χ2v) is 4.23. The summed E-state index contributed by atoms with van der Waals surface area (Å²) in [5.41, 5.74) is 0. The Bertz CT molecular complexity index is 182. The highest BCUT2D eigenvalue weighted by Crippen LogP contribution is 2.20. The lowest BCUT2D eigenvalue weighted by atomic mass is 10.0. The molecule has 3 heteroatoms. The molecule has 0 spiro atoms. The van der Waals surface area contributed by atoms with E-state index < -0.39 is 0 Å². The smallest absolute Gasteiger partial charge is 0.151 e. The van der Waals surface area contributed by atoms with Gasteiger partial charge >= 0.3 is 0 Å². The number of hydrogen-bond acceptors (Lipinski definition) is 3. The Morgan fingerprint density at radius 2 is 2.27 bits per heavy atom. The first-order valence-electron chi connectivity index (χ1n) is 6.00.